The van der Waals surface area contributed by atoms with Gasteiger partial charge in [-0.25, -0.2) is 9.79 Å². The van der Waals surface area contributed by atoms with Gasteiger partial charge in [0.25, 0.3) is 11.6 Å². The van der Waals surface area contributed by atoms with Gasteiger partial charge in [0.2, 0.25) is 6.17 Å². The number of non-ortho nitro benzene ring substituents is 1. The molecule has 1 aliphatic heterocycles. The Morgan fingerprint density at radius 1 is 1.03 bits per heavy atom. The van der Waals surface area contributed by atoms with Crippen molar-refractivity contribution in [1.82, 2.24) is 0 Å². The number of anilines is 2. The lowest BCUT2D eigenvalue weighted by Crippen LogP contribution is -2.51. The summed E-state index contributed by atoms with van der Waals surface area (Å²) in [5, 5.41) is 11.0. The minimum absolute atomic E-state index is 0.150. The van der Waals surface area contributed by atoms with Crippen LogP contribution in [0.15, 0.2) is 83.9 Å². The van der Waals surface area contributed by atoms with Gasteiger partial charge in [0.1, 0.15) is 0 Å². The van der Waals surface area contributed by atoms with Crippen LogP contribution < -0.4 is 15.5 Å². The van der Waals surface area contributed by atoms with Crippen LogP contribution in [0.4, 0.5) is 21.9 Å². The molecule has 0 bridgehead atoms. The van der Waals surface area contributed by atoms with Crippen LogP contribution in [0, 0.1) is 10.1 Å². The summed E-state index contributed by atoms with van der Waals surface area (Å²) in [6.45, 7) is 0. The SMILES string of the molecule is CN1C(=O)C(N(C(N)=O)c2ccc([N+](=O)[O-])cc2)N=C(c2ccccc2)c2ccccc21. The molecule has 0 aliphatic carbocycles. The van der Waals surface area contributed by atoms with Crippen LogP contribution in [0.3, 0.4) is 0 Å². The number of fused-ring (bicyclic) bond motifs is 1. The number of carbonyl (C=O) groups excluding carboxylic acids is 2. The van der Waals surface area contributed by atoms with E-state index in [1.807, 2.05) is 48.5 Å². The molecule has 3 aromatic carbocycles. The van der Waals surface area contributed by atoms with Crippen molar-refractivity contribution in [3.05, 3.63) is 100 Å². The maximum atomic E-state index is 13.4. The van der Waals surface area contributed by atoms with Crippen molar-refractivity contribution in [3.63, 3.8) is 0 Å². The number of benzene rings is 3. The fraction of sp³-hybridized carbons (Fsp3) is 0.0870. The molecule has 0 fully saturated rings. The molecule has 0 spiro atoms. The number of primary amides is 1. The van der Waals surface area contributed by atoms with E-state index >= 15 is 0 Å². The monoisotopic (exact) mass is 429 g/mol. The molecule has 4 rings (SSSR count). The summed E-state index contributed by atoms with van der Waals surface area (Å²) in [6, 6.07) is 20.9. The first kappa shape index (κ1) is 20.7. The summed E-state index contributed by atoms with van der Waals surface area (Å²) in [5.41, 5.74) is 8.38. The molecule has 1 unspecified atom stereocenters. The topological polar surface area (TPSA) is 122 Å². The summed E-state index contributed by atoms with van der Waals surface area (Å²) in [7, 11) is 1.60. The minimum atomic E-state index is -1.30. The Morgan fingerprint density at radius 2 is 1.66 bits per heavy atom. The Morgan fingerprint density at radius 3 is 2.28 bits per heavy atom. The number of carbonyl (C=O) groups is 2. The van der Waals surface area contributed by atoms with E-state index in [0.29, 0.717) is 11.4 Å². The Labute approximate surface area is 183 Å². The van der Waals surface area contributed by atoms with E-state index in [1.165, 1.54) is 29.2 Å². The highest BCUT2D eigenvalue weighted by atomic mass is 16.6. The van der Waals surface area contributed by atoms with Crippen LogP contribution in [-0.4, -0.2) is 35.8 Å². The fourth-order valence-corrected chi connectivity index (χ4v) is 3.62. The zero-order chi connectivity index (χ0) is 22.8. The minimum Gasteiger partial charge on any atom is -0.351 e. The molecular formula is C23H19N5O4. The number of nitro groups is 1. The molecule has 32 heavy (non-hydrogen) atoms. The van der Waals surface area contributed by atoms with Gasteiger partial charge in [0.15, 0.2) is 0 Å². The number of rotatable bonds is 4. The molecule has 9 nitrogen and oxygen atoms in total. The first-order chi connectivity index (χ1) is 15.4. The highest BCUT2D eigenvalue weighted by Crippen LogP contribution is 2.30. The fourth-order valence-electron chi connectivity index (χ4n) is 3.62. The number of nitro benzene ring substituents is 1. The van der Waals surface area contributed by atoms with Crippen molar-refractivity contribution in [2.45, 2.75) is 6.17 Å². The molecule has 0 saturated carbocycles. The predicted molar refractivity (Wildman–Crippen MR) is 121 cm³/mol. The lowest BCUT2D eigenvalue weighted by Gasteiger charge is -2.28. The normalized spacial score (nSPS) is 15.4. The van der Waals surface area contributed by atoms with Crippen LogP contribution in [0.25, 0.3) is 0 Å². The highest BCUT2D eigenvalue weighted by molar-refractivity contribution is 6.21. The molecule has 3 aromatic rings. The smallest absolute Gasteiger partial charge is 0.321 e. The van der Waals surface area contributed by atoms with Crippen molar-refractivity contribution < 1.29 is 14.5 Å². The van der Waals surface area contributed by atoms with Gasteiger partial charge in [0, 0.05) is 36.0 Å². The molecule has 2 N–H and O–H groups in total. The summed E-state index contributed by atoms with van der Waals surface area (Å²) in [5.74, 6) is -0.472. The Kier molecular flexibility index (Phi) is 5.38. The summed E-state index contributed by atoms with van der Waals surface area (Å²) in [4.78, 5) is 43.5. The number of nitrogens with zero attached hydrogens (tertiary/aromatic N) is 4. The quantitative estimate of drug-likeness (QED) is 0.505. The number of likely N-dealkylation sites (N-methyl/N-ethyl adjacent to an activating group) is 1. The lowest BCUT2D eigenvalue weighted by molar-refractivity contribution is -0.384. The van der Waals surface area contributed by atoms with E-state index in [4.69, 9.17) is 10.7 Å². The van der Waals surface area contributed by atoms with Crippen LogP contribution >= 0.6 is 0 Å². The molecule has 3 amide bonds. The van der Waals surface area contributed by atoms with Gasteiger partial charge < -0.3 is 10.6 Å². The Hall–Kier alpha value is -4.53. The third kappa shape index (κ3) is 3.67. The zero-order valence-corrected chi connectivity index (χ0v) is 17.1. The van der Waals surface area contributed by atoms with Gasteiger partial charge in [-0.1, -0.05) is 48.5 Å². The van der Waals surface area contributed by atoms with Gasteiger partial charge in [-0.3, -0.25) is 19.8 Å². The maximum absolute atomic E-state index is 13.4. The van der Waals surface area contributed by atoms with E-state index in [1.54, 1.807) is 13.1 Å². The van der Waals surface area contributed by atoms with Gasteiger partial charge in [-0.05, 0) is 18.2 Å². The molecule has 1 atom stereocenters. The van der Waals surface area contributed by atoms with Gasteiger partial charge >= 0.3 is 6.03 Å². The van der Waals surface area contributed by atoms with Crippen molar-refractivity contribution >= 4 is 34.7 Å². The van der Waals surface area contributed by atoms with Crippen molar-refractivity contribution in [2.75, 3.05) is 16.8 Å². The van der Waals surface area contributed by atoms with Crippen LogP contribution in [0.5, 0.6) is 0 Å². The van der Waals surface area contributed by atoms with E-state index in [9.17, 15) is 19.7 Å². The molecule has 1 heterocycles. The summed E-state index contributed by atoms with van der Waals surface area (Å²) in [6.07, 6.45) is -1.30. The van der Waals surface area contributed by atoms with E-state index in [2.05, 4.69) is 0 Å². The van der Waals surface area contributed by atoms with Gasteiger partial charge in [0.05, 0.1) is 16.3 Å². The first-order valence-corrected chi connectivity index (χ1v) is 9.72. The van der Waals surface area contributed by atoms with Gasteiger partial charge in [-0.2, -0.15) is 0 Å². The molecular weight excluding hydrogens is 410 g/mol. The van der Waals surface area contributed by atoms with Crippen LogP contribution in [-0.2, 0) is 4.79 Å². The van der Waals surface area contributed by atoms with Crippen LogP contribution in [0.2, 0.25) is 0 Å². The average molecular weight is 429 g/mol. The summed E-state index contributed by atoms with van der Waals surface area (Å²) < 4.78 is 0. The zero-order valence-electron chi connectivity index (χ0n) is 17.1. The first-order valence-electron chi connectivity index (χ1n) is 9.72. The van der Waals surface area contributed by atoms with Crippen molar-refractivity contribution in [1.29, 1.82) is 0 Å². The lowest BCUT2D eigenvalue weighted by atomic mass is 10.0. The second-order valence-electron chi connectivity index (χ2n) is 7.11. The molecule has 160 valence electrons. The third-order valence-electron chi connectivity index (χ3n) is 5.19. The number of aliphatic imine (C=N–C) groups is 1. The second kappa shape index (κ2) is 8.31. The van der Waals surface area contributed by atoms with E-state index in [-0.39, 0.29) is 11.4 Å². The predicted octanol–water partition coefficient (Wildman–Crippen LogP) is 3.32. The average Bonchev–Trinajstić information content (AvgIpc) is 2.91. The Bertz CT molecular complexity index is 1220. The Balaban J connectivity index is 1.90. The van der Waals surface area contributed by atoms with Gasteiger partial charge in [-0.15, -0.1) is 0 Å². The number of amides is 3. The van der Waals surface area contributed by atoms with Crippen molar-refractivity contribution in [2.24, 2.45) is 10.7 Å². The third-order valence-corrected chi connectivity index (χ3v) is 5.19. The second-order valence-corrected chi connectivity index (χ2v) is 7.11. The number of benzodiazepines with no additional fused rings is 1. The maximum Gasteiger partial charge on any atom is 0.321 e. The molecule has 1 aliphatic rings. The number of para-hydroxylation sites is 1. The number of hydrogen-bond donors (Lipinski definition) is 1. The molecule has 0 saturated heterocycles. The standard InChI is InChI=1S/C23H19N5O4/c1-26-19-10-6-5-9-18(19)20(15-7-3-2-4-8-15)25-21(22(26)29)27(23(24)30)16-11-13-17(14-12-16)28(31)32/h2-14,21H,1H3,(H2,24,30). The molecule has 0 aromatic heterocycles. The van der Waals surface area contributed by atoms with Crippen LogP contribution in [0.1, 0.15) is 11.1 Å². The number of nitrogens with two attached hydrogens (primary N) is 1. The molecule has 0 radical (unpaired) electrons. The van der Waals surface area contributed by atoms with E-state index < -0.39 is 23.0 Å². The van der Waals surface area contributed by atoms with Crippen molar-refractivity contribution in [3.8, 4) is 0 Å². The highest BCUT2D eigenvalue weighted by Gasteiger charge is 2.36. The molecule has 9 heteroatoms. The largest absolute Gasteiger partial charge is 0.351 e. The summed E-state index contributed by atoms with van der Waals surface area (Å²) >= 11 is 0. The number of hydrogen-bond acceptors (Lipinski definition) is 5. The number of urea groups is 1. The van der Waals surface area contributed by atoms with E-state index in [0.717, 1.165) is 16.0 Å².